The molecule has 0 aromatic rings. The Labute approximate surface area is 102 Å². The van der Waals surface area contributed by atoms with E-state index in [4.69, 9.17) is 18.0 Å². The molecule has 2 saturated carbocycles. The number of amides is 1. The first-order chi connectivity index (χ1) is 7.68. The van der Waals surface area contributed by atoms with Gasteiger partial charge in [-0.3, -0.25) is 4.79 Å². The van der Waals surface area contributed by atoms with Crippen molar-refractivity contribution in [2.75, 3.05) is 0 Å². The van der Waals surface area contributed by atoms with Gasteiger partial charge in [0, 0.05) is 5.92 Å². The Kier molecular flexibility index (Phi) is 3.79. The molecule has 2 aliphatic carbocycles. The molecule has 0 spiro atoms. The first-order valence-corrected chi connectivity index (χ1v) is 6.69. The predicted molar refractivity (Wildman–Crippen MR) is 68.0 cm³/mol. The predicted octanol–water partition coefficient (Wildman–Crippen LogP) is 1.75. The first kappa shape index (κ1) is 11.8. The molecule has 1 unspecified atom stereocenters. The summed E-state index contributed by atoms with van der Waals surface area (Å²) in [4.78, 5) is 12.2. The van der Waals surface area contributed by atoms with Gasteiger partial charge in [0.05, 0.1) is 11.0 Å². The van der Waals surface area contributed by atoms with Crippen molar-refractivity contribution in [2.24, 2.45) is 17.6 Å². The molecule has 0 aliphatic heterocycles. The van der Waals surface area contributed by atoms with Gasteiger partial charge in [-0.05, 0) is 31.6 Å². The highest BCUT2D eigenvalue weighted by Crippen LogP contribution is 2.31. The van der Waals surface area contributed by atoms with E-state index in [1.807, 2.05) is 0 Å². The lowest BCUT2D eigenvalue weighted by Crippen LogP contribution is -2.49. The fourth-order valence-electron chi connectivity index (χ4n) is 2.51. The zero-order valence-corrected chi connectivity index (χ0v) is 10.4. The van der Waals surface area contributed by atoms with E-state index in [-0.39, 0.29) is 17.9 Å². The molecule has 0 saturated heterocycles. The maximum atomic E-state index is 11.7. The first-order valence-electron chi connectivity index (χ1n) is 6.28. The van der Waals surface area contributed by atoms with E-state index in [1.165, 1.54) is 19.3 Å². The third-order valence-corrected chi connectivity index (χ3v) is 3.93. The summed E-state index contributed by atoms with van der Waals surface area (Å²) in [6, 6.07) is -0.0663. The van der Waals surface area contributed by atoms with Crippen molar-refractivity contribution in [3.63, 3.8) is 0 Å². The van der Waals surface area contributed by atoms with Crippen molar-refractivity contribution in [3.05, 3.63) is 0 Å². The molecule has 2 rings (SSSR count). The Balaban J connectivity index is 1.92. The highest BCUT2D eigenvalue weighted by atomic mass is 32.1. The molecule has 3 N–H and O–H groups in total. The second-order valence-corrected chi connectivity index (χ2v) is 5.53. The van der Waals surface area contributed by atoms with Crippen molar-refractivity contribution in [1.82, 2.24) is 5.32 Å². The second-order valence-electron chi connectivity index (χ2n) is 5.06. The maximum Gasteiger partial charge on any atom is 0.223 e. The van der Waals surface area contributed by atoms with Gasteiger partial charge in [0.25, 0.3) is 0 Å². The monoisotopic (exact) mass is 240 g/mol. The lowest BCUT2D eigenvalue weighted by Gasteiger charge is -2.30. The van der Waals surface area contributed by atoms with E-state index in [1.54, 1.807) is 0 Å². The molecule has 1 amide bonds. The van der Waals surface area contributed by atoms with Crippen LogP contribution in [0.5, 0.6) is 0 Å². The number of thiocarbonyl (C=S) groups is 1. The van der Waals surface area contributed by atoms with Crippen molar-refractivity contribution in [1.29, 1.82) is 0 Å². The molecule has 0 radical (unpaired) electrons. The third-order valence-electron chi connectivity index (χ3n) is 3.67. The minimum Gasteiger partial charge on any atom is -0.392 e. The van der Waals surface area contributed by atoms with E-state index >= 15 is 0 Å². The van der Waals surface area contributed by atoms with Gasteiger partial charge in [0.15, 0.2) is 0 Å². The zero-order chi connectivity index (χ0) is 11.5. The Morgan fingerprint density at radius 1 is 1.19 bits per heavy atom. The van der Waals surface area contributed by atoms with E-state index < -0.39 is 0 Å². The molecular weight excluding hydrogens is 220 g/mol. The molecule has 1 atom stereocenters. The number of carbonyl (C=O) groups excluding carboxylic acids is 1. The minimum absolute atomic E-state index is 0.0663. The van der Waals surface area contributed by atoms with Crippen LogP contribution in [-0.2, 0) is 4.79 Å². The Bertz CT molecular complexity index is 283. The molecule has 2 aliphatic rings. The minimum atomic E-state index is -0.0663. The van der Waals surface area contributed by atoms with Crippen LogP contribution in [0, 0.1) is 11.8 Å². The number of hydrogen-bond acceptors (Lipinski definition) is 2. The number of nitrogens with one attached hydrogen (secondary N) is 1. The average Bonchev–Trinajstić information content (AvgIpc) is 3.10. The lowest BCUT2D eigenvalue weighted by molar-refractivity contribution is -0.122. The third kappa shape index (κ3) is 2.94. The van der Waals surface area contributed by atoms with Gasteiger partial charge in [-0.15, -0.1) is 0 Å². The van der Waals surface area contributed by atoms with Gasteiger partial charge in [-0.2, -0.15) is 0 Å². The summed E-state index contributed by atoms with van der Waals surface area (Å²) in [6.07, 6.45) is 8.13. The van der Waals surface area contributed by atoms with Crippen LogP contribution in [-0.4, -0.2) is 16.9 Å². The van der Waals surface area contributed by atoms with E-state index in [0.29, 0.717) is 10.9 Å². The quantitative estimate of drug-likeness (QED) is 0.736. The molecule has 0 heterocycles. The number of carbonyl (C=O) groups is 1. The molecule has 90 valence electrons. The van der Waals surface area contributed by atoms with Gasteiger partial charge < -0.3 is 11.1 Å². The number of rotatable bonds is 4. The zero-order valence-electron chi connectivity index (χ0n) is 9.58. The Morgan fingerprint density at radius 3 is 2.31 bits per heavy atom. The van der Waals surface area contributed by atoms with Gasteiger partial charge in [-0.25, -0.2) is 0 Å². The summed E-state index contributed by atoms with van der Waals surface area (Å²) >= 11 is 5.09. The fourth-order valence-corrected chi connectivity index (χ4v) is 2.76. The lowest BCUT2D eigenvalue weighted by atomic mass is 9.83. The molecule has 0 aromatic heterocycles. The molecule has 3 nitrogen and oxygen atoms in total. The van der Waals surface area contributed by atoms with E-state index in [2.05, 4.69) is 5.32 Å². The van der Waals surface area contributed by atoms with Gasteiger partial charge >= 0.3 is 0 Å². The van der Waals surface area contributed by atoms with Gasteiger partial charge in [0.2, 0.25) is 5.91 Å². The summed E-state index contributed by atoms with van der Waals surface area (Å²) in [5.41, 5.74) is 5.75. The highest BCUT2D eigenvalue weighted by Gasteiger charge is 2.34. The standard InChI is InChI=1S/C12H20N2OS/c13-11(16)10(8-4-2-1-3-5-8)14-12(15)9-6-7-9/h8-10H,1-7H2,(H2,13,16)(H,14,15). The molecule has 4 heteroatoms. The smallest absolute Gasteiger partial charge is 0.223 e. The van der Waals surface area contributed by atoms with Crippen LogP contribution < -0.4 is 11.1 Å². The largest absolute Gasteiger partial charge is 0.392 e. The van der Waals surface area contributed by atoms with Gasteiger partial charge in [0.1, 0.15) is 0 Å². The van der Waals surface area contributed by atoms with Crippen LogP contribution in [0.25, 0.3) is 0 Å². The van der Waals surface area contributed by atoms with Crippen molar-refractivity contribution in [3.8, 4) is 0 Å². The van der Waals surface area contributed by atoms with Gasteiger partial charge in [-0.1, -0.05) is 31.5 Å². The second kappa shape index (κ2) is 5.13. The Morgan fingerprint density at radius 2 is 1.81 bits per heavy atom. The highest BCUT2D eigenvalue weighted by molar-refractivity contribution is 7.80. The molecule has 16 heavy (non-hydrogen) atoms. The van der Waals surface area contributed by atoms with Crippen molar-refractivity contribution in [2.45, 2.75) is 51.0 Å². The van der Waals surface area contributed by atoms with Crippen molar-refractivity contribution >= 4 is 23.1 Å². The molecule has 0 aromatic carbocycles. The molecular formula is C12H20N2OS. The SMILES string of the molecule is NC(=S)C(NC(=O)C1CC1)C1CCCCC1. The fraction of sp³-hybridized carbons (Fsp3) is 0.833. The summed E-state index contributed by atoms with van der Waals surface area (Å²) in [7, 11) is 0. The summed E-state index contributed by atoms with van der Waals surface area (Å²) < 4.78 is 0. The Hall–Kier alpha value is -0.640. The van der Waals surface area contributed by atoms with Crippen LogP contribution in [0.15, 0.2) is 0 Å². The van der Waals surface area contributed by atoms with Crippen molar-refractivity contribution < 1.29 is 4.79 Å². The normalized spacial score (nSPS) is 23.8. The van der Waals surface area contributed by atoms with E-state index in [0.717, 1.165) is 25.7 Å². The van der Waals surface area contributed by atoms with Crippen LogP contribution >= 0.6 is 12.2 Å². The summed E-state index contributed by atoms with van der Waals surface area (Å²) in [6.45, 7) is 0. The number of hydrogen-bond donors (Lipinski definition) is 2. The van der Waals surface area contributed by atoms with Crippen LogP contribution in [0.3, 0.4) is 0 Å². The van der Waals surface area contributed by atoms with Crippen LogP contribution in [0.2, 0.25) is 0 Å². The number of nitrogens with two attached hydrogens (primary N) is 1. The molecule has 2 fully saturated rings. The van der Waals surface area contributed by atoms with E-state index in [9.17, 15) is 4.79 Å². The summed E-state index contributed by atoms with van der Waals surface area (Å²) in [5.74, 6) is 0.859. The average molecular weight is 240 g/mol. The maximum absolute atomic E-state index is 11.7. The summed E-state index contributed by atoms with van der Waals surface area (Å²) in [5, 5.41) is 3.04. The topological polar surface area (TPSA) is 55.1 Å². The molecule has 0 bridgehead atoms. The van der Waals surface area contributed by atoms with Crippen LogP contribution in [0.4, 0.5) is 0 Å². The van der Waals surface area contributed by atoms with Crippen LogP contribution in [0.1, 0.15) is 44.9 Å².